The number of carbonyl (C=O) groups is 2. The zero-order valence-corrected chi connectivity index (χ0v) is 14.7. The summed E-state index contributed by atoms with van der Waals surface area (Å²) in [5.41, 5.74) is 6.62. The molecule has 1 heterocycles. The van der Waals surface area contributed by atoms with Crippen molar-refractivity contribution >= 4 is 28.2 Å². The highest BCUT2D eigenvalue weighted by atomic mass is 32.1. The molecule has 0 fully saturated rings. The van der Waals surface area contributed by atoms with E-state index < -0.39 is 11.9 Å². The van der Waals surface area contributed by atoms with Crippen LogP contribution in [0.3, 0.4) is 0 Å². The Balaban J connectivity index is 2.04. The Bertz CT molecular complexity index is 729. The monoisotopic (exact) mass is 347 g/mol. The van der Waals surface area contributed by atoms with E-state index in [0.717, 1.165) is 11.3 Å². The average molecular weight is 347 g/mol. The third-order valence-electron chi connectivity index (χ3n) is 3.82. The SMILES string of the molecule is COc1ccccc1CN(C)[C@H](C)C(=O)Nc1sccc1C(N)=O. The normalized spacial score (nSPS) is 12.0. The lowest BCUT2D eigenvalue weighted by atomic mass is 10.1. The Labute approximate surface area is 145 Å². The minimum Gasteiger partial charge on any atom is -0.496 e. The molecule has 2 amide bonds. The molecule has 0 saturated carbocycles. The Hall–Kier alpha value is -2.38. The zero-order valence-electron chi connectivity index (χ0n) is 13.9. The van der Waals surface area contributed by atoms with Gasteiger partial charge in [0.15, 0.2) is 0 Å². The molecule has 1 aromatic heterocycles. The van der Waals surface area contributed by atoms with Crippen molar-refractivity contribution in [2.24, 2.45) is 5.73 Å². The van der Waals surface area contributed by atoms with Crippen LogP contribution in [0.1, 0.15) is 22.8 Å². The van der Waals surface area contributed by atoms with Crippen molar-refractivity contribution < 1.29 is 14.3 Å². The number of nitrogens with one attached hydrogen (secondary N) is 1. The molecule has 0 aliphatic carbocycles. The standard InChI is InChI=1S/C17H21N3O3S/c1-11(16(22)19-17-13(15(18)21)8-9-24-17)20(2)10-12-6-4-5-7-14(12)23-3/h4-9,11H,10H2,1-3H3,(H2,18,21)(H,19,22)/t11-/m1/s1. The van der Waals surface area contributed by atoms with Crippen LogP contribution in [0.5, 0.6) is 5.75 Å². The number of para-hydroxylation sites is 1. The van der Waals surface area contributed by atoms with Crippen molar-refractivity contribution in [1.29, 1.82) is 0 Å². The van der Waals surface area contributed by atoms with Crippen LogP contribution in [0.15, 0.2) is 35.7 Å². The molecule has 0 saturated heterocycles. The Morgan fingerprint density at radius 1 is 1.33 bits per heavy atom. The van der Waals surface area contributed by atoms with Crippen LogP contribution >= 0.6 is 11.3 Å². The first-order valence-electron chi connectivity index (χ1n) is 7.44. The van der Waals surface area contributed by atoms with E-state index in [-0.39, 0.29) is 5.91 Å². The maximum Gasteiger partial charge on any atom is 0.251 e. The number of nitrogens with zero attached hydrogens (tertiary/aromatic N) is 1. The van der Waals surface area contributed by atoms with E-state index in [1.165, 1.54) is 11.3 Å². The van der Waals surface area contributed by atoms with Gasteiger partial charge in [-0.3, -0.25) is 14.5 Å². The summed E-state index contributed by atoms with van der Waals surface area (Å²) in [6, 6.07) is 8.90. The number of hydrogen-bond acceptors (Lipinski definition) is 5. The molecule has 2 rings (SSSR count). The summed E-state index contributed by atoms with van der Waals surface area (Å²) >= 11 is 1.27. The average Bonchev–Trinajstić information content (AvgIpc) is 3.02. The molecule has 0 bridgehead atoms. The molecule has 1 aromatic carbocycles. The first kappa shape index (κ1) is 18.0. The molecule has 0 aliphatic heterocycles. The van der Waals surface area contributed by atoms with Gasteiger partial charge in [-0.05, 0) is 31.5 Å². The van der Waals surface area contributed by atoms with E-state index in [0.29, 0.717) is 17.1 Å². The molecule has 7 heteroatoms. The summed E-state index contributed by atoms with van der Waals surface area (Å²) in [6.07, 6.45) is 0. The van der Waals surface area contributed by atoms with Gasteiger partial charge in [-0.25, -0.2) is 0 Å². The number of methoxy groups -OCH3 is 1. The summed E-state index contributed by atoms with van der Waals surface area (Å²) in [6.45, 7) is 2.37. The van der Waals surface area contributed by atoms with Crippen molar-refractivity contribution in [3.8, 4) is 5.75 Å². The van der Waals surface area contributed by atoms with Crippen LogP contribution in [-0.4, -0.2) is 36.9 Å². The topological polar surface area (TPSA) is 84.7 Å². The Morgan fingerprint density at radius 3 is 2.71 bits per heavy atom. The molecule has 6 nitrogen and oxygen atoms in total. The van der Waals surface area contributed by atoms with E-state index in [4.69, 9.17) is 10.5 Å². The molecule has 128 valence electrons. The fourth-order valence-electron chi connectivity index (χ4n) is 2.26. The molecular weight excluding hydrogens is 326 g/mol. The van der Waals surface area contributed by atoms with Crippen molar-refractivity contribution in [1.82, 2.24) is 4.90 Å². The van der Waals surface area contributed by atoms with Crippen LogP contribution in [-0.2, 0) is 11.3 Å². The maximum absolute atomic E-state index is 12.4. The van der Waals surface area contributed by atoms with Gasteiger partial charge in [0.25, 0.3) is 5.91 Å². The summed E-state index contributed by atoms with van der Waals surface area (Å²) in [7, 11) is 3.48. The van der Waals surface area contributed by atoms with Crippen LogP contribution in [0.25, 0.3) is 0 Å². The molecule has 0 unspecified atom stereocenters. The predicted molar refractivity (Wildman–Crippen MR) is 95.4 cm³/mol. The quantitative estimate of drug-likeness (QED) is 0.805. The van der Waals surface area contributed by atoms with E-state index in [2.05, 4.69) is 5.32 Å². The Morgan fingerprint density at radius 2 is 2.04 bits per heavy atom. The van der Waals surface area contributed by atoms with Gasteiger partial charge in [-0.15, -0.1) is 11.3 Å². The number of amides is 2. The van der Waals surface area contributed by atoms with Crippen LogP contribution in [0.4, 0.5) is 5.00 Å². The predicted octanol–water partition coefficient (Wildman–Crippen LogP) is 2.31. The largest absolute Gasteiger partial charge is 0.496 e. The maximum atomic E-state index is 12.4. The zero-order chi connectivity index (χ0) is 17.7. The minimum atomic E-state index is -0.554. The van der Waals surface area contributed by atoms with E-state index in [1.54, 1.807) is 18.6 Å². The van der Waals surface area contributed by atoms with E-state index >= 15 is 0 Å². The number of rotatable bonds is 7. The third-order valence-corrected chi connectivity index (χ3v) is 4.65. The molecular formula is C17H21N3O3S. The van der Waals surface area contributed by atoms with Crippen molar-refractivity contribution in [2.75, 3.05) is 19.5 Å². The third kappa shape index (κ3) is 4.12. The number of anilines is 1. The van der Waals surface area contributed by atoms with Crippen LogP contribution in [0, 0.1) is 0 Å². The van der Waals surface area contributed by atoms with E-state index in [1.807, 2.05) is 43.1 Å². The number of carbonyl (C=O) groups excluding carboxylic acids is 2. The summed E-state index contributed by atoms with van der Waals surface area (Å²) in [4.78, 5) is 25.7. The van der Waals surface area contributed by atoms with Gasteiger partial charge in [0.05, 0.1) is 18.7 Å². The smallest absolute Gasteiger partial charge is 0.251 e. The lowest BCUT2D eigenvalue weighted by Gasteiger charge is -2.24. The first-order chi connectivity index (χ1) is 11.4. The number of benzene rings is 1. The number of ether oxygens (including phenoxy) is 1. The van der Waals surface area contributed by atoms with Crippen LogP contribution in [0.2, 0.25) is 0 Å². The molecule has 0 aliphatic rings. The van der Waals surface area contributed by atoms with Crippen LogP contribution < -0.4 is 15.8 Å². The summed E-state index contributed by atoms with van der Waals surface area (Å²) < 4.78 is 5.34. The molecule has 3 N–H and O–H groups in total. The van der Waals surface area contributed by atoms with E-state index in [9.17, 15) is 9.59 Å². The van der Waals surface area contributed by atoms with Gasteiger partial charge in [0, 0.05) is 12.1 Å². The van der Waals surface area contributed by atoms with Crippen molar-refractivity contribution in [3.05, 3.63) is 46.8 Å². The lowest BCUT2D eigenvalue weighted by molar-refractivity contribution is -0.120. The number of likely N-dealkylation sites (N-methyl/N-ethyl adjacent to an activating group) is 1. The van der Waals surface area contributed by atoms with Crippen molar-refractivity contribution in [3.63, 3.8) is 0 Å². The van der Waals surface area contributed by atoms with Gasteiger partial charge < -0.3 is 15.8 Å². The number of primary amides is 1. The van der Waals surface area contributed by atoms with Crippen molar-refractivity contribution in [2.45, 2.75) is 19.5 Å². The second-order valence-electron chi connectivity index (χ2n) is 5.42. The molecule has 24 heavy (non-hydrogen) atoms. The Kier molecular flexibility index (Phi) is 5.94. The highest BCUT2D eigenvalue weighted by Crippen LogP contribution is 2.24. The molecule has 0 radical (unpaired) electrons. The van der Waals surface area contributed by atoms with Gasteiger partial charge >= 0.3 is 0 Å². The van der Waals surface area contributed by atoms with Gasteiger partial charge in [-0.2, -0.15) is 0 Å². The fraction of sp³-hybridized carbons (Fsp3) is 0.294. The highest BCUT2D eigenvalue weighted by Gasteiger charge is 2.21. The first-order valence-corrected chi connectivity index (χ1v) is 8.32. The van der Waals surface area contributed by atoms with Gasteiger partial charge in [0.2, 0.25) is 5.91 Å². The van der Waals surface area contributed by atoms with Gasteiger partial charge in [-0.1, -0.05) is 18.2 Å². The molecule has 1 atom stereocenters. The molecule has 2 aromatic rings. The summed E-state index contributed by atoms with van der Waals surface area (Å²) in [5.74, 6) is 0.0326. The number of thiophene rings is 1. The minimum absolute atomic E-state index is 0.197. The molecule has 0 spiro atoms. The highest BCUT2D eigenvalue weighted by molar-refractivity contribution is 7.14. The lowest BCUT2D eigenvalue weighted by Crippen LogP contribution is -2.39. The number of nitrogens with two attached hydrogens (primary N) is 1. The van der Waals surface area contributed by atoms with Gasteiger partial charge in [0.1, 0.15) is 10.8 Å². The number of hydrogen-bond donors (Lipinski definition) is 2. The second kappa shape index (κ2) is 7.94. The summed E-state index contributed by atoms with van der Waals surface area (Å²) in [5, 5.41) is 4.97. The second-order valence-corrected chi connectivity index (χ2v) is 6.34. The fourth-order valence-corrected chi connectivity index (χ4v) is 3.05.